The summed E-state index contributed by atoms with van der Waals surface area (Å²) in [6.07, 6.45) is 3.16. The minimum absolute atomic E-state index is 0.218. The van der Waals surface area contributed by atoms with Crippen molar-refractivity contribution in [2.45, 2.75) is 13.8 Å². The van der Waals surface area contributed by atoms with Gasteiger partial charge in [-0.1, -0.05) is 30.4 Å². The van der Waals surface area contributed by atoms with Crippen molar-refractivity contribution >= 4 is 17.3 Å². The van der Waals surface area contributed by atoms with Crippen LogP contribution in [0.1, 0.15) is 13.8 Å². The lowest BCUT2D eigenvalue weighted by Gasteiger charge is -2.11. The number of hydrogen-bond donors (Lipinski definition) is 0. The summed E-state index contributed by atoms with van der Waals surface area (Å²) < 4.78 is 41.1. The summed E-state index contributed by atoms with van der Waals surface area (Å²) in [5.41, 5.74) is -0.538. The summed E-state index contributed by atoms with van der Waals surface area (Å²) in [4.78, 5) is 0. The molecule has 0 fully saturated rings. The molecule has 0 heterocycles. The lowest BCUT2D eigenvalue weighted by Crippen LogP contribution is -2.13. The molecule has 0 saturated carbocycles. The van der Waals surface area contributed by atoms with Crippen molar-refractivity contribution in [3.05, 3.63) is 54.1 Å². The molecule has 0 aliphatic heterocycles. The van der Waals surface area contributed by atoms with Crippen molar-refractivity contribution in [2.75, 3.05) is 5.49 Å². The molecule has 0 aliphatic carbocycles. The number of hydrogen-bond acceptors (Lipinski definition) is 4. The molecule has 0 amide bonds. The van der Waals surface area contributed by atoms with Gasteiger partial charge in [-0.3, -0.25) is 0 Å². The summed E-state index contributed by atoms with van der Waals surface area (Å²) in [5, 5.41) is 0. The second kappa shape index (κ2) is 6.73. The van der Waals surface area contributed by atoms with E-state index in [1.165, 1.54) is 23.8 Å². The second-order valence-corrected chi connectivity index (χ2v) is 8.52. The van der Waals surface area contributed by atoms with Gasteiger partial charge in [0.1, 0.15) is 18.4 Å². The summed E-state index contributed by atoms with van der Waals surface area (Å²) in [6, 6.07) is 8.16. The zero-order valence-corrected chi connectivity index (χ0v) is 12.6. The van der Waals surface area contributed by atoms with E-state index in [1.807, 2.05) is 0 Å². The zero-order valence-electron chi connectivity index (χ0n) is 10.9. The highest BCUT2D eigenvalue weighted by Gasteiger charge is 2.26. The first-order valence-corrected chi connectivity index (χ1v) is 9.35. The van der Waals surface area contributed by atoms with E-state index in [0.717, 1.165) is 0 Å². The summed E-state index contributed by atoms with van der Waals surface area (Å²) in [5.74, 6) is 3.05. The Morgan fingerprint density at radius 1 is 1.11 bits per heavy atom. The lowest BCUT2D eigenvalue weighted by molar-refractivity contribution is 0.490. The van der Waals surface area contributed by atoms with Gasteiger partial charge in [0, 0.05) is 0 Å². The average Bonchev–Trinajstić information content (AvgIpc) is 2.28. The SMILES string of the molecule is C/C=C/P(=O)(/C=C/C)CS(=O)(=O)Oc1ccccc1. The Morgan fingerprint density at radius 3 is 2.11 bits per heavy atom. The van der Waals surface area contributed by atoms with Crippen molar-refractivity contribution in [3.8, 4) is 5.75 Å². The molecule has 0 aliphatic rings. The van der Waals surface area contributed by atoms with Crippen LogP contribution in [0.15, 0.2) is 54.1 Å². The van der Waals surface area contributed by atoms with Crippen molar-refractivity contribution in [2.24, 2.45) is 0 Å². The maximum absolute atomic E-state index is 12.4. The van der Waals surface area contributed by atoms with Crippen molar-refractivity contribution < 1.29 is 17.2 Å². The van der Waals surface area contributed by atoms with Crippen LogP contribution in [0.3, 0.4) is 0 Å². The molecule has 0 N–H and O–H groups in total. The molecule has 0 spiro atoms. The van der Waals surface area contributed by atoms with Gasteiger partial charge in [0.15, 0.2) is 0 Å². The molecule has 0 atom stereocenters. The quantitative estimate of drug-likeness (QED) is 0.592. The van der Waals surface area contributed by atoms with Crippen LogP contribution < -0.4 is 4.18 Å². The van der Waals surface area contributed by atoms with Gasteiger partial charge in [0.2, 0.25) is 0 Å². The number of rotatable bonds is 6. The van der Waals surface area contributed by atoms with Gasteiger partial charge in [-0.25, -0.2) is 0 Å². The molecule has 0 unspecified atom stereocenters. The van der Waals surface area contributed by atoms with E-state index in [9.17, 15) is 13.0 Å². The third-order valence-electron chi connectivity index (χ3n) is 2.13. The molecule has 0 aromatic heterocycles. The van der Waals surface area contributed by atoms with Crippen LogP contribution in [-0.2, 0) is 14.7 Å². The Morgan fingerprint density at radius 2 is 1.63 bits per heavy atom. The normalized spacial score (nSPS) is 13.2. The van der Waals surface area contributed by atoms with Crippen LogP contribution >= 0.6 is 7.14 Å². The third kappa shape index (κ3) is 5.45. The van der Waals surface area contributed by atoms with Crippen LogP contribution in [-0.4, -0.2) is 13.9 Å². The smallest absolute Gasteiger partial charge is 0.316 e. The molecule has 4 nitrogen and oxygen atoms in total. The summed E-state index contributed by atoms with van der Waals surface area (Å²) >= 11 is 0. The van der Waals surface area contributed by atoms with Crippen molar-refractivity contribution in [1.29, 1.82) is 0 Å². The molecule has 104 valence electrons. The summed E-state index contributed by atoms with van der Waals surface area (Å²) in [6.45, 7) is 3.39. The van der Waals surface area contributed by atoms with E-state index < -0.39 is 22.8 Å². The van der Waals surface area contributed by atoms with Crippen LogP contribution in [0.25, 0.3) is 0 Å². The van der Waals surface area contributed by atoms with Gasteiger partial charge >= 0.3 is 10.1 Å². The van der Waals surface area contributed by atoms with Gasteiger partial charge in [-0.05, 0) is 37.6 Å². The van der Waals surface area contributed by atoms with E-state index >= 15 is 0 Å². The van der Waals surface area contributed by atoms with Crippen LogP contribution in [0.4, 0.5) is 0 Å². The molecule has 0 radical (unpaired) electrons. The van der Waals surface area contributed by atoms with Gasteiger partial charge in [0.05, 0.1) is 0 Å². The predicted octanol–water partition coefficient (Wildman–Crippen LogP) is 3.78. The molecule has 1 rings (SSSR count). The monoisotopic (exact) mass is 300 g/mol. The lowest BCUT2D eigenvalue weighted by atomic mass is 10.3. The minimum Gasteiger partial charge on any atom is -0.382 e. The first kappa shape index (κ1) is 15.7. The highest BCUT2D eigenvalue weighted by atomic mass is 32.2. The molecular formula is C13H17O4PS. The maximum Gasteiger partial charge on any atom is 0.316 e. The maximum atomic E-state index is 12.4. The fraction of sp³-hybridized carbons (Fsp3) is 0.231. The largest absolute Gasteiger partial charge is 0.382 e. The molecule has 0 saturated heterocycles. The molecular weight excluding hydrogens is 283 g/mol. The zero-order chi connectivity index (χ0) is 14.4. The van der Waals surface area contributed by atoms with E-state index in [4.69, 9.17) is 4.18 Å². The average molecular weight is 300 g/mol. The molecule has 1 aromatic carbocycles. The third-order valence-corrected chi connectivity index (χ3v) is 7.06. The molecule has 1 aromatic rings. The van der Waals surface area contributed by atoms with E-state index in [0.29, 0.717) is 0 Å². The van der Waals surface area contributed by atoms with E-state index in [-0.39, 0.29) is 5.75 Å². The predicted molar refractivity (Wildman–Crippen MR) is 78.1 cm³/mol. The fourth-order valence-electron chi connectivity index (χ4n) is 1.54. The first-order chi connectivity index (χ1) is 8.91. The Labute approximate surface area is 114 Å². The van der Waals surface area contributed by atoms with Crippen molar-refractivity contribution in [3.63, 3.8) is 0 Å². The van der Waals surface area contributed by atoms with Gasteiger partial charge in [-0.2, -0.15) is 8.42 Å². The first-order valence-electron chi connectivity index (χ1n) is 5.74. The molecule has 0 bridgehead atoms. The minimum atomic E-state index is -3.90. The number of benzene rings is 1. The topological polar surface area (TPSA) is 60.4 Å². The molecule has 19 heavy (non-hydrogen) atoms. The Balaban J connectivity index is 2.93. The molecule has 6 heteroatoms. The van der Waals surface area contributed by atoms with Crippen LogP contribution in [0.5, 0.6) is 5.75 Å². The van der Waals surface area contributed by atoms with Crippen molar-refractivity contribution in [1.82, 2.24) is 0 Å². The highest BCUT2D eigenvalue weighted by molar-refractivity contribution is 7.97. The standard InChI is InChI=1S/C13H17O4PS/c1-3-10-18(14,11-4-2)12-19(15,16)17-13-8-6-5-7-9-13/h3-11H,12H2,1-2H3/b10-3+,11-4+. The van der Waals surface area contributed by atoms with Gasteiger partial charge < -0.3 is 8.75 Å². The number of para-hydroxylation sites is 1. The second-order valence-electron chi connectivity index (χ2n) is 3.90. The van der Waals surface area contributed by atoms with Crippen LogP contribution in [0.2, 0.25) is 0 Å². The number of allylic oxidation sites excluding steroid dienone is 2. The van der Waals surface area contributed by atoms with Crippen LogP contribution in [0, 0.1) is 0 Å². The van der Waals surface area contributed by atoms with E-state index in [1.54, 1.807) is 44.2 Å². The van der Waals surface area contributed by atoms with Gasteiger partial charge in [0.25, 0.3) is 0 Å². The Kier molecular flexibility index (Phi) is 5.58. The van der Waals surface area contributed by atoms with Gasteiger partial charge in [-0.15, -0.1) is 0 Å². The highest BCUT2D eigenvalue weighted by Crippen LogP contribution is 2.50. The summed E-state index contributed by atoms with van der Waals surface area (Å²) in [7, 11) is -6.95. The fourth-order valence-corrected chi connectivity index (χ4v) is 5.93. The Bertz CT molecular complexity index is 587. The van der Waals surface area contributed by atoms with E-state index in [2.05, 4.69) is 0 Å². The Hall–Kier alpha value is -1.32.